The van der Waals surface area contributed by atoms with Crippen LogP contribution in [-0.2, 0) is 0 Å². The summed E-state index contributed by atoms with van der Waals surface area (Å²) in [5, 5.41) is 9.96. The van der Waals surface area contributed by atoms with E-state index in [1.807, 2.05) is 0 Å². The van der Waals surface area contributed by atoms with Crippen molar-refractivity contribution in [1.29, 1.82) is 0 Å². The first-order valence-electron chi connectivity index (χ1n) is 6.67. The van der Waals surface area contributed by atoms with E-state index in [0.29, 0.717) is 26.6 Å². The molecule has 23 heavy (non-hydrogen) atoms. The summed E-state index contributed by atoms with van der Waals surface area (Å²) >= 11 is 3.37. The van der Waals surface area contributed by atoms with E-state index in [-0.39, 0.29) is 11.3 Å². The van der Waals surface area contributed by atoms with Crippen LogP contribution in [0.4, 0.5) is 4.39 Å². The van der Waals surface area contributed by atoms with Crippen LogP contribution >= 0.6 is 15.9 Å². The van der Waals surface area contributed by atoms with E-state index >= 15 is 0 Å². The molecule has 0 unspecified atom stereocenters. The van der Waals surface area contributed by atoms with Crippen molar-refractivity contribution < 1.29 is 19.0 Å². The fourth-order valence-corrected chi connectivity index (χ4v) is 2.82. The Morgan fingerprint density at radius 2 is 2.04 bits per heavy atom. The summed E-state index contributed by atoms with van der Waals surface area (Å²) in [4.78, 5) is 16.0. The third-order valence-corrected chi connectivity index (χ3v) is 4.11. The molecule has 0 aliphatic heterocycles. The highest BCUT2D eigenvalue weighted by atomic mass is 79.9. The Kier molecular flexibility index (Phi) is 4.00. The second-order valence-corrected chi connectivity index (χ2v) is 5.70. The van der Waals surface area contributed by atoms with Gasteiger partial charge in [0, 0.05) is 15.4 Å². The van der Waals surface area contributed by atoms with Crippen molar-refractivity contribution in [2.24, 2.45) is 0 Å². The van der Waals surface area contributed by atoms with Gasteiger partial charge in [0.15, 0.2) is 11.6 Å². The molecule has 0 aliphatic carbocycles. The van der Waals surface area contributed by atoms with E-state index in [2.05, 4.69) is 20.9 Å². The second kappa shape index (κ2) is 5.96. The molecular weight excluding hydrogens is 365 g/mol. The molecule has 0 spiro atoms. The summed E-state index contributed by atoms with van der Waals surface area (Å²) < 4.78 is 19.5. The minimum atomic E-state index is -1.06. The number of halogens is 2. The smallest absolute Gasteiger partial charge is 0.336 e. The lowest BCUT2D eigenvalue weighted by molar-refractivity contribution is 0.0699. The lowest BCUT2D eigenvalue weighted by Gasteiger charge is -2.09. The van der Waals surface area contributed by atoms with Gasteiger partial charge in [-0.2, -0.15) is 0 Å². The van der Waals surface area contributed by atoms with Gasteiger partial charge in [-0.1, -0.05) is 12.1 Å². The fraction of sp³-hybridized carbons (Fsp3) is 0.0588. The van der Waals surface area contributed by atoms with Crippen molar-refractivity contribution in [3.8, 4) is 17.0 Å². The van der Waals surface area contributed by atoms with Crippen LogP contribution in [-0.4, -0.2) is 23.2 Å². The average Bonchev–Trinajstić information content (AvgIpc) is 2.54. The SMILES string of the molecule is COc1ccc(-c2cc(C(=O)O)c3cccc(Br)c3n2)cc1F. The number of carboxylic acid groups (broad SMARTS) is 1. The van der Waals surface area contributed by atoms with Gasteiger partial charge in [-0.15, -0.1) is 0 Å². The molecule has 0 amide bonds. The molecule has 2 aromatic carbocycles. The topological polar surface area (TPSA) is 59.4 Å². The van der Waals surface area contributed by atoms with Crippen LogP contribution in [0.15, 0.2) is 46.9 Å². The number of fused-ring (bicyclic) bond motifs is 1. The number of hydrogen-bond acceptors (Lipinski definition) is 3. The Bertz CT molecular complexity index is 927. The number of nitrogens with zero attached hydrogens (tertiary/aromatic N) is 1. The number of rotatable bonds is 3. The zero-order valence-electron chi connectivity index (χ0n) is 12.0. The molecule has 0 radical (unpaired) electrons. The summed E-state index contributed by atoms with van der Waals surface area (Å²) in [6.45, 7) is 0. The van der Waals surface area contributed by atoms with Gasteiger partial charge >= 0.3 is 5.97 Å². The summed E-state index contributed by atoms with van der Waals surface area (Å²) in [5.41, 5.74) is 1.48. The molecule has 0 atom stereocenters. The Balaban J connectivity index is 2.28. The number of carboxylic acids is 1. The maximum Gasteiger partial charge on any atom is 0.336 e. The predicted octanol–water partition coefficient (Wildman–Crippen LogP) is 4.51. The van der Waals surface area contributed by atoms with Crippen molar-refractivity contribution >= 4 is 32.8 Å². The molecule has 3 aromatic rings. The third-order valence-electron chi connectivity index (χ3n) is 3.47. The van der Waals surface area contributed by atoms with Crippen molar-refractivity contribution in [2.45, 2.75) is 0 Å². The van der Waals surface area contributed by atoms with E-state index in [1.165, 1.54) is 25.3 Å². The maximum absolute atomic E-state index is 13.9. The molecule has 0 saturated carbocycles. The zero-order valence-corrected chi connectivity index (χ0v) is 13.6. The Morgan fingerprint density at radius 3 is 2.70 bits per heavy atom. The molecule has 0 bridgehead atoms. The highest BCUT2D eigenvalue weighted by Gasteiger charge is 2.15. The summed E-state index contributed by atoms with van der Waals surface area (Å²) in [5.74, 6) is -1.48. The Labute approximate surface area is 139 Å². The van der Waals surface area contributed by atoms with Crippen LogP contribution in [0.1, 0.15) is 10.4 Å². The van der Waals surface area contributed by atoms with Crippen LogP contribution in [0.3, 0.4) is 0 Å². The number of benzene rings is 2. The molecule has 0 fully saturated rings. The van der Waals surface area contributed by atoms with Crippen LogP contribution in [0.2, 0.25) is 0 Å². The molecule has 4 nitrogen and oxygen atoms in total. The number of para-hydroxylation sites is 1. The molecule has 0 saturated heterocycles. The summed E-state index contributed by atoms with van der Waals surface area (Å²) in [6, 6.07) is 11.0. The molecule has 3 rings (SSSR count). The Morgan fingerprint density at radius 1 is 1.26 bits per heavy atom. The van der Waals surface area contributed by atoms with E-state index in [9.17, 15) is 14.3 Å². The van der Waals surface area contributed by atoms with Gasteiger partial charge in [-0.25, -0.2) is 14.2 Å². The molecule has 1 aromatic heterocycles. The van der Waals surface area contributed by atoms with Crippen molar-refractivity contribution in [2.75, 3.05) is 7.11 Å². The summed E-state index contributed by atoms with van der Waals surface area (Å²) in [6.07, 6.45) is 0. The lowest BCUT2D eigenvalue weighted by Crippen LogP contribution is -2.01. The lowest BCUT2D eigenvalue weighted by atomic mass is 10.0. The monoisotopic (exact) mass is 375 g/mol. The number of ether oxygens (including phenoxy) is 1. The van der Waals surface area contributed by atoms with E-state index in [1.54, 1.807) is 24.3 Å². The number of methoxy groups -OCH3 is 1. The maximum atomic E-state index is 13.9. The first kappa shape index (κ1) is 15.4. The van der Waals surface area contributed by atoms with Crippen LogP contribution in [0, 0.1) is 5.82 Å². The van der Waals surface area contributed by atoms with Crippen molar-refractivity contribution in [1.82, 2.24) is 4.98 Å². The molecule has 0 aliphatic rings. The van der Waals surface area contributed by atoms with E-state index < -0.39 is 11.8 Å². The number of aromatic nitrogens is 1. The summed E-state index contributed by atoms with van der Waals surface area (Å²) in [7, 11) is 1.38. The first-order valence-corrected chi connectivity index (χ1v) is 7.47. The van der Waals surface area contributed by atoms with Crippen molar-refractivity contribution in [3.05, 3.63) is 58.3 Å². The highest BCUT2D eigenvalue weighted by molar-refractivity contribution is 9.10. The van der Waals surface area contributed by atoms with Gasteiger partial charge in [0.1, 0.15) is 0 Å². The fourth-order valence-electron chi connectivity index (χ4n) is 2.36. The quantitative estimate of drug-likeness (QED) is 0.731. The predicted molar refractivity (Wildman–Crippen MR) is 88.3 cm³/mol. The number of aromatic carboxylic acids is 1. The van der Waals surface area contributed by atoms with Gasteiger partial charge in [0.2, 0.25) is 0 Å². The zero-order chi connectivity index (χ0) is 16.6. The van der Waals surface area contributed by atoms with Crippen LogP contribution in [0.5, 0.6) is 5.75 Å². The van der Waals surface area contributed by atoms with Crippen LogP contribution < -0.4 is 4.74 Å². The second-order valence-electron chi connectivity index (χ2n) is 4.85. The molecule has 6 heteroatoms. The number of pyridine rings is 1. The number of carbonyl (C=O) groups is 1. The van der Waals surface area contributed by atoms with Gasteiger partial charge in [-0.05, 0) is 46.3 Å². The van der Waals surface area contributed by atoms with Gasteiger partial charge in [0.05, 0.1) is 23.9 Å². The van der Waals surface area contributed by atoms with Crippen LogP contribution in [0.25, 0.3) is 22.2 Å². The molecule has 1 heterocycles. The molecular formula is C17H11BrFNO3. The molecule has 116 valence electrons. The highest BCUT2D eigenvalue weighted by Crippen LogP contribution is 2.31. The van der Waals surface area contributed by atoms with E-state index in [4.69, 9.17) is 4.74 Å². The minimum absolute atomic E-state index is 0.113. The normalized spacial score (nSPS) is 10.7. The van der Waals surface area contributed by atoms with Gasteiger partial charge in [-0.3, -0.25) is 0 Å². The Hall–Kier alpha value is -2.47. The average molecular weight is 376 g/mol. The molecule has 1 N–H and O–H groups in total. The first-order chi connectivity index (χ1) is 11.0. The minimum Gasteiger partial charge on any atom is -0.494 e. The van der Waals surface area contributed by atoms with E-state index in [0.717, 1.165) is 0 Å². The van der Waals surface area contributed by atoms with Gasteiger partial charge < -0.3 is 9.84 Å². The van der Waals surface area contributed by atoms with Gasteiger partial charge in [0.25, 0.3) is 0 Å². The standard InChI is InChI=1S/C17H11BrFNO3/c1-23-15-6-5-9(7-13(15)19)14-8-11(17(21)22)10-3-2-4-12(18)16(10)20-14/h2-8H,1H3,(H,21,22). The third kappa shape index (κ3) is 2.77. The van der Waals surface area contributed by atoms with Crippen molar-refractivity contribution in [3.63, 3.8) is 0 Å². The largest absolute Gasteiger partial charge is 0.494 e. The number of hydrogen-bond donors (Lipinski definition) is 1.